The Balaban J connectivity index is 2.57. The number of hydrogen-bond donors (Lipinski definition) is 1. The number of aliphatic carboxylic acids is 1. The van der Waals surface area contributed by atoms with E-state index in [1.165, 1.54) is 6.07 Å². The first kappa shape index (κ1) is 14.6. The molecule has 8 heteroatoms. The van der Waals surface area contributed by atoms with Crippen molar-refractivity contribution in [2.24, 2.45) is 0 Å². The summed E-state index contributed by atoms with van der Waals surface area (Å²) in [5.41, 5.74) is -1.20. The molecule has 0 bridgehead atoms. The molecule has 1 aromatic carbocycles. The minimum Gasteiger partial charge on any atom is -0.481 e. The first-order valence-electron chi connectivity index (χ1n) is 5.51. The van der Waals surface area contributed by atoms with E-state index in [1.807, 2.05) is 0 Å². The van der Waals surface area contributed by atoms with Gasteiger partial charge in [-0.05, 0) is 23.6 Å². The van der Waals surface area contributed by atoms with Crippen molar-refractivity contribution < 1.29 is 31.5 Å². The second-order valence-electron chi connectivity index (χ2n) is 4.26. The van der Waals surface area contributed by atoms with Crippen LogP contribution in [0.4, 0.5) is 13.2 Å². The molecule has 0 unspecified atom stereocenters. The number of halogens is 3. The fourth-order valence-corrected chi connectivity index (χ4v) is 3.80. The molecule has 0 radical (unpaired) electrons. The Morgan fingerprint density at radius 3 is 2.45 bits per heavy atom. The summed E-state index contributed by atoms with van der Waals surface area (Å²) in [7, 11) is -4.19. The highest BCUT2D eigenvalue weighted by molar-refractivity contribution is 7.95. The number of carbonyl (C=O) groups is 1. The van der Waals surface area contributed by atoms with Crippen molar-refractivity contribution in [3.63, 3.8) is 0 Å². The van der Waals surface area contributed by atoms with Crippen LogP contribution in [0.2, 0.25) is 0 Å². The van der Waals surface area contributed by atoms with Crippen LogP contribution in [-0.2, 0) is 20.8 Å². The Kier molecular flexibility index (Phi) is 3.37. The van der Waals surface area contributed by atoms with Crippen molar-refractivity contribution in [3.8, 4) is 0 Å². The van der Waals surface area contributed by atoms with Gasteiger partial charge in [-0.3, -0.25) is 4.79 Å². The van der Waals surface area contributed by atoms with Crippen LogP contribution in [0, 0.1) is 0 Å². The fourth-order valence-electron chi connectivity index (χ4n) is 2.06. The van der Waals surface area contributed by atoms with E-state index in [1.54, 1.807) is 0 Å². The zero-order valence-electron chi connectivity index (χ0n) is 9.94. The van der Waals surface area contributed by atoms with Crippen molar-refractivity contribution in [1.82, 2.24) is 0 Å². The number of alkyl halides is 3. The summed E-state index contributed by atoms with van der Waals surface area (Å²) in [4.78, 5) is 9.71. The zero-order chi connectivity index (χ0) is 15.1. The second kappa shape index (κ2) is 4.62. The first-order valence-corrected chi connectivity index (χ1v) is 7.05. The standard InChI is InChI=1S/C12H9F3O4S/c13-12(14,15)9-3-1-2-8-7(4-5-10(16)17)6-20(18,19)11(8)9/h1-3,6H,4-5H2,(H,16,17). The van der Waals surface area contributed by atoms with Crippen LogP contribution in [0.1, 0.15) is 24.0 Å². The summed E-state index contributed by atoms with van der Waals surface area (Å²) < 4.78 is 62.2. The van der Waals surface area contributed by atoms with Crippen molar-refractivity contribution in [1.29, 1.82) is 0 Å². The number of allylic oxidation sites excluding steroid dienone is 1. The monoisotopic (exact) mass is 306 g/mol. The van der Waals surface area contributed by atoms with Crippen molar-refractivity contribution >= 4 is 21.4 Å². The summed E-state index contributed by atoms with van der Waals surface area (Å²) in [6.45, 7) is 0. The van der Waals surface area contributed by atoms with Crippen LogP contribution >= 0.6 is 0 Å². The van der Waals surface area contributed by atoms with Crippen LogP contribution < -0.4 is 0 Å². The predicted octanol–water partition coefficient (Wildman–Crippen LogP) is 2.70. The molecule has 1 N–H and O–H groups in total. The second-order valence-corrected chi connectivity index (χ2v) is 6.00. The lowest BCUT2D eigenvalue weighted by molar-refractivity contribution is -0.140. The maximum absolute atomic E-state index is 12.8. The Bertz CT molecular complexity index is 702. The van der Waals surface area contributed by atoms with Gasteiger partial charge in [-0.25, -0.2) is 8.42 Å². The molecular formula is C12H9F3O4S. The quantitative estimate of drug-likeness (QED) is 0.932. The van der Waals surface area contributed by atoms with E-state index in [-0.39, 0.29) is 24.0 Å². The number of carboxylic acids is 1. The predicted molar refractivity (Wildman–Crippen MR) is 63.5 cm³/mol. The maximum atomic E-state index is 12.8. The minimum absolute atomic E-state index is 0.0684. The summed E-state index contributed by atoms with van der Waals surface area (Å²) in [5.74, 6) is -1.15. The molecule has 4 nitrogen and oxygen atoms in total. The van der Waals surface area contributed by atoms with Crippen molar-refractivity contribution in [3.05, 3.63) is 34.7 Å². The van der Waals surface area contributed by atoms with E-state index in [0.717, 1.165) is 11.5 Å². The highest BCUT2D eigenvalue weighted by Gasteiger charge is 2.40. The van der Waals surface area contributed by atoms with Gasteiger partial charge in [-0.15, -0.1) is 0 Å². The lowest BCUT2D eigenvalue weighted by Gasteiger charge is -2.12. The molecule has 1 aromatic rings. The molecule has 0 saturated carbocycles. The number of sulfone groups is 1. The summed E-state index contributed by atoms with van der Waals surface area (Å²) in [6.07, 6.45) is -5.27. The number of benzene rings is 1. The number of fused-ring (bicyclic) bond motifs is 1. The maximum Gasteiger partial charge on any atom is 0.417 e. The molecule has 0 saturated heterocycles. The molecule has 0 fully saturated rings. The van der Waals surface area contributed by atoms with E-state index in [2.05, 4.69) is 0 Å². The zero-order valence-corrected chi connectivity index (χ0v) is 10.8. The van der Waals surface area contributed by atoms with E-state index in [0.29, 0.717) is 6.07 Å². The molecule has 1 aliphatic heterocycles. The van der Waals surface area contributed by atoms with Gasteiger partial charge in [0.15, 0.2) is 0 Å². The topological polar surface area (TPSA) is 71.4 Å². The van der Waals surface area contributed by atoms with Gasteiger partial charge in [0, 0.05) is 11.8 Å². The van der Waals surface area contributed by atoms with Gasteiger partial charge in [0.2, 0.25) is 9.84 Å². The molecule has 1 heterocycles. The number of hydrogen-bond acceptors (Lipinski definition) is 3. The highest BCUT2D eigenvalue weighted by Crippen LogP contribution is 2.43. The van der Waals surface area contributed by atoms with Crippen LogP contribution in [-0.4, -0.2) is 19.5 Å². The van der Waals surface area contributed by atoms with Gasteiger partial charge in [0.05, 0.1) is 10.5 Å². The third-order valence-corrected chi connectivity index (χ3v) is 4.46. The van der Waals surface area contributed by atoms with Gasteiger partial charge in [-0.2, -0.15) is 13.2 Å². The van der Waals surface area contributed by atoms with E-state index in [4.69, 9.17) is 5.11 Å². The molecule has 0 aliphatic carbocycles. The summed E-state index contributed by atoms with van der Waals surface area (Å²) >= 11 is 0. The largest absolute Gasteiger partial charge is 0.481 e. The Morgan fingerprint density at radius 2 is 1.90 bits per heavy atom. The van der Waals surface area contributed by atoms with Crippen molar-refractivity contribution in [2.75, 3.05) is 0 Å². The Labute approximate surface area is 112 Å². The van der Waals surface area contributed by atoms with Gasteiger partial charge in [0.25, 0.3) is 0 Å². The lowest BCUT2D eigenvalue weighted by Crippen LogP contribution is -2.11. The van der Waals surface area contributed by atoms with Crippen LogP contribution in [0.3, 0.4) is 0 Å². The smallest absolute Gasteiger partial charge is 0.417 e. The van der Waals surface area contributed by atoms with Crippen LogP contribution in [0.15, 0.2) is 28.5 Å². The minimum atomic E-state index is -4.78. The average molecular weight is 306 g/mol. The van der Waals surface area contributed by atoms with E-state index >= 15 is 0 Å². The van der Waals surface area contributed by atoms with Gasteiger partial charge in [0.1, 0.15) is 0 Å². The normalized spacial score (nSPS) is 16.6. The van der Waals surface area contributed by atoms with Gasteiger partial charge < -0.3 is 5.11 Å². The van der Waals surface area contributed by atoms with Crippen molar-refractivity contribution in [2.45, 2.75) is 23.9 Å². The van der Waals surface area contributed by atoms with Crippen LogP contribution in [0.25, 0.3) is 5.57 Å². The average Bonchev–Trinajstić information content (AvgIpc) is 2.57. The number of rotatable bonds is 3. The fraction of sp³-hybridized carbons (Fsp3) is 0.250. The molecule has 0 atom stereocenters. The molecule has 0 aromatic heterocycles. The molecule has 0 spiro atoms. The Morgan fingerprint density at radius 1 is 1.25 bits per heavy atom. The molecule has 20 heavy (non-hydrogen) atoms. The SMILES string of the molecule is O=C(O)CCC1=CS(=O)(=O)c2c1cccc2C(F)(F)F. The third kappa shape index (κ3) is 2.55. The third-order valence-electron chi connectivity index (χ3n) is 2.86. The first-order chi connectivity index (χ1) is 9.13. The number of carboxylic acid groups (broad SMARTS) is 1. The van der Waals surface area contributed by atoms with E-state index in [9.17, 15) is 26.4 Å². The molecule has 2 rings (SSSR count). The highest BCUT2D eigenvalue weighted by atomic mass is 32.2. The lowest BCUT2D eigenvalue weighted by atomic mass is 10.0. The molecular weight excluding hydrogens is 297 g/mol. The molecule has 108 valence electrons. The van der Waals surface area contributed by atoms with E-state index < -0.39 is 32.4 Å². The van der Waals surface area contributed by atoms with Gasteiger partial charge >= 0.3 is 12.1 Å². The molecule has 0 amide bonds. The summed E-state index contributed by atoms with van der Waals surface area (Å²) in [5, 5.41) is 9.30. The van der Waals surface area contributed by atoms with Crippen LogP contribution in [0.5, 0.6) is 0 Å². The molecule has 1 aliphatic rings. The Hall–Kier alpha value is -1.83. The summed E-state index contributed by atoms with van der Waals surface area (Å²) in [6, 6.07) is 3.06. The van der Waals surface area contributed by atoms with Gasteiger partial charge in [-0.1, -0.05) is 12.1 Å².